The summed E-state index contributed by atoms with van der Waals surface area (Å²) in [4.78, 5) is 24.0. The number of aryl methyl sites for hydroxylation is 1. The van der Waals surface area contributed by atoms with Gasteiger partial charge in [0.2, 0.25) is 5.91 Å². The Morgan fingerprint density at radius 3 is 2.32 bits per heavy atom. The predicted octanol–water partition coefficient (Wildman–Crippen LogP) is 2.38. The van der Waals surface area contributed by atoms with Gasteiger partial charge >= 0.3 is 0 Å². The summed E-state index contributed by atoms with van der Waals surface area (Å²) in [6, 6.07) is 11.1. The van der Waals surface area contributed by atoms with Crippen molar-refractivity contribution in [2.45, 2.75) is 13.3 Å². The SMILES string of the molecule is Cc1ccc(-c2ccc(NC(=O)[C@@H]3[C@@H](C(=O)[O-])[C@H]4C=C[C@H]3C4)cc2)o1. The van der Waals surface area contributed by atoms with Crippen molar-refractivity contribution < 1.29 is 19.1 Å². The lowest BCUT2D eigenvalue weighted by Gasteiger charge is -2.27. The summed E-state index contributed by atoms with van der Waals surface area (Å²) in [5, 5.41) is 14.3. The number of carbonyl (C=O) groups is 2. The Morgan fingerprint density at radius 2 is 1.72 bits per heavy atom. The van der Waals surface area contributed by atoms with Gasteiger partial charge in [0.1, 0.15) is 11.5 Å². The summed E-state index contributed by atoms with van der Waals surface area (Å²) < 4.78 is 5.58. The Labute approximate surface area is 145 Å². The molecule has 2 aromatic rings. The van der Waals surface area contributed by atoms with E-state index in [9.17, 15) is 14.7 Å². The fourth-order valence-electron chi connectivity index (χ4n) is 4.03. The largest absolute Gasteiger partial charge is 0.550 e. The Hall–Kier alpha value is -2.82. The van der Waals surface area contributed by atoms with E-state index in [1.165, 1.54) is 0 Å². The molecular weight excluding hydrogens is 318 g/mol. The molecule has 2 bridgehead atoms. The fraction of sp³-hybridized carbons (Fsp3) is 0.300. The lowest BCUT2D eigenvalue weighted by Crippen LogP contribution is -2.42. The van der Waals surface area contributed by atoms with Crippen molar-refractivity contribution in [1.82, 2.24) is 0 Å². The molecule has 1 N–H and O–H groups in total. The van der Waals surface area contributed by atoms with Crippen molar-refractivity contribution >= 4 is 17.6 Å². The summed E-state index contributed by atoms with van der Waals surface area (Å²) in [7, 11) is 0. The van der Waals surface area contributed by atoms with Crippen LogP contribution in [0.15, 0.2) is 53.0 Å². The number of aliphatic carboxylic acids is 1. The number of allylic oxidation sites excluding steroid dienone is 2. The molecule has 1 heterocycles. The van der Waals surface area contributed by atoms with Crippen molar-refractivity contribution in [2.24, 2.45) is 23.7 Å². The molecule has 2 aliphatic carbocycles. The number of hydrogen-bond acceptors (Lipinski definition) is 4. The topological polar surface area (TPSA) is 82.4 Å². The Bertz CT molecular complexity index is 849. The summed E-state index contributed by atoms with van der Waals surface area (Å²) in [5.74, 6) is -1.19. The molecule has 1 saturated carbocycles. The molecule has 0 spiro atoms. The first-order chi connectivity index (χ1) is 12.0. The molecule has 0 aliphatic heterocycles. The minimum atomic E-state index is -1.14. The van der Waals surface area contributed by atoms with E-state index in [1.807, 2.05) is 43.3 Å². The van der Waals surface area contributed by atoms with E-state index in [1.54, 1.807) is 12.1 Å². The van der Waals surface area contributed by atoms with Gasteiger partial charge in [-0.3, -0.25) is 4.79 Å². The molecule has 25 heavy (non-hydrogen) atoms. The van der Waals surface area contributed by atoms with Gasteiger partial charge in [-0.1, -0.05) is 12.2 Å². The summed E-state index contributed by atoms with van der Waals surface area (Å²) in [6.07, 6.45) is 4.57. The van der Waals surface area contributed by atoms with Gasteiger partial charge in [-0.2, -0.15) is 0 Å². The maximum absolute atomic E-state index is 12.6. The molecule has 1 fully saturated rings. The van der Waals surface area contributed by atoms with Crippen LogP contribution in [0.3, 0.4) is 0 Å². The molecule has 1 aromatic heterocycles. The molecule has 4 atom stereocenters. The number of anilines is 1. The third-order valence-corrected chi connectivity index (χ3v) is 5.21. The molecule has 1 aromatic carbocycles. The molecule has 1 amide bonds. The number of fused-ring (bicyclic) bond motifs is 2. The molecule has 0 unspecified atom stereocenters. The number of hydrogen-bond donors (Lipinski definition) is 1. The van der Waals surface area contributed by atoms with Crippen LogP contribution in [0.2, 0.25) is 0 Å². The van der Waals surface area contributed by atoms with Gasteiger partial charge in [0, 0.05) is 23.1 Å². The van der Waals surface area contributed by atoms with Crippen LogP contribution in [0.1, 0.15) is 12.2 Å². The molecule has 0 saturated heterocycles. The third kappa shape index (κ3) is 2.76. The van der Waals surface area contributed by atoms with Gasteiger partial charge < -0.3 is 19.6 Å². The number of benzene rings is 1. The molecular formula is C20H18NO4-. The lowest BCUT2D eigenvalue weighted by atomic mass is 9.82. The van der Waals surface area contributed by atoms with Gasteiger partial charge in [-0.05, 0) is 61.6 Å². The van der Waals surface area contributed by atoms with E-state index in [2.05, 4.69) is 5.32 Å². The fourth-order valence-corrected chi connectivity index (χ4v) is 4.03. The summed E-state index contributed by atoms with van der Waals surface area (Å²) in [5.41, 5.74) is 1.56. The molecule has 5 nitrogen and oxygen atoms in total. The van der Waals surface area contributed by atoms with Crippen LogP contribution in [-0.4, -0.2) is 11.9 Å². The van der Waals surface area contributed by atoms with E-state index in [0.717, 1.165) is 17.1 Å². The Kier molecular flexibility index (Phi) is 3.71. The zero-order chi connectivity index (χ0) is 17.6. The number of rotatable bonds is 4. The zero-order valence-corrected chi connectivity index (χ0v) is 13.8. The number of furan rings is 1. The average Bonchev–Trinajstić information content (AvgIpc) is 3.30. The highest BCUT2D eigenvalue weighted by Gasteiger charge is 2.48. The van der Waals surface area contributed by atoms with Crippen molar-refractivity contribution in [3.8, 4) is 11.3 Å². The van der Waals surface area contributed by atoms with E-state index in [4.69, 9.17) is 4.42 Å². The third-order valence-electron chi connectivity index (χ3n) is 5.21. The molecule has 2 aliphatic rings. The van der Waals surface area contributed by atoms with Crippen LogP contribution in [0.5, 0.6) is 0 Å². The summed E-state index contributed by atoms with van der Waals surface area (Å²) >= 11 is 0. The van der Waals surface area contributed by atoms with Crippen molar-refractivity contribution in [3.63, 3.8) is 0 Å². The number of carboxylic acid groups (broad SMARTS) is 1. The highest BCUT2D eigenvalue weighted by atomic mass is 16.4. The van der Waals surface area contributed by atoms with Gasteiger partial charge in [0.25, 0.3) is 0 Å². The number of amides is 1. The van der Waals surface area contributed by atoms with Crippen LogP contribution in [0.25, 0.3) is 11.3 Å². The highest BCUT2D eigenvalue weighted by Crippen LogP contribution is 2.48. The molecule has 0 radical (unpaired) electrons. The number of carbonyl (C=O) groups excluding carboxylic acids is 2. The second-order valence-corrected chi connectivity index (χ2v) is 6.80. The maximum atomic E-state index is 12.6. The zero-order valence-electron chi connectivity index (χ0n) is 13.8. The van der Waals surface area contributed by atoms with Gasteiger partial charge in [0.05, 0.1) is 5.92 Å². The van der Waals surface area contributed by atoms with Crippen LogP contribution < -0.4 is 10.4 Å². The Morgan fingerprint density at radius 1 is 1.04 bits per heavy atom. The monoisotopic (exact) mass is 336 g/mol. The van der Waals surface area contributed by atoms with Crippen LogP contribution >= 0.6 is 0 Å². The van der Waals surface area contributed by atoms with Crippen molar-refractivity contribution in [1.29, 1.82) is 0 Å². The normalized spacial score (nSPS) is 26.8. The molecule has 128 valence electrons. The van der Waals surface area contributed by atoms with Gasteiger partial charge in [-0.15, -0.1) is 0 Å². The highest BCUT2D eigenvalue weighted by molar-refractivity contribution is 5.96. The first-order valence-corrected chi connectivity index (χ1v) is 8.40. The molecule has 4 rings (SSSR count). The van der Waals surface area contributed by atoms with Crippen molar-refractivity contribution in [3.05, 3.63) is 54.3 Å². The maximum Gasteiger partial charge on any atom is 0.228 e. The van der Waals surface area contributed by atoms with Crippen LogP contribution in [0.4, 0.5) is 5.69 Å². The van der Waals surface area contributed by atoms with Gasteiger partial charge in [0.15, 0.2) is 0 Å². The quantitative estimate of drug-likeness (QED) is 0.869. The summed E-state index contributed by atoms with van der Waals surface area (Å²) in [6.45, 7) is 1.88. The second-order valence-electron chi connectivity index (χ2n) is 6.80. The predicted molar refractivity (Wildman–Crippen MR) is 90.2 cm³/mol. The standard InChI is InChI=1S/C20H19NO4/c1-11-2-9-16(25-11)12-5-7-15(8-6-12)21-19(22)17-13-3-4-14(10-13)18(17)20(23)24/h2-9,13-14,17-18H,10H2,1H3,(H,21,22)(H,23,24)/p-1/t13-,14-,17-,18-/m0/s1. The van der Waals surface area contributed by atoms with Gasteiger partial charge in [-0.25, -0.2) is 0 Å². The number of carboxylic acids is 1. The van der Waals surface area contributed by atoms with Crippen LogP contribution in [-0.2, 0) is 9.59 Å². The van der Waals surface area contributed by atoms with E-state index >= 15 is 0 Å². The van der Waals surface area contributed by atoms with E-state index < -0.39 is 17.8 Å². The minimum Gasteiger partial charge on any atom is -0.550 e. The molecule has 5 heteroatoms. The van der Waals surface area contributed by atoms with Crippen molar-refractivity contribution in [2.75, 3.05) is 5.32 Å². The second kappa shape index (κ2) is 5.92. The first-order valence-electron chi connectivity index (χ1n) is 8.40. The minimum absolute atomic E-state index is 0.0155. The van der Waals surface area contributed by atoms with E-state index in [0.29, 0.717) is 12.1 Å². The first kappa shape index (κ1) is 15.7. The smallest absolute Gasteiger partial charge is 0.228 e. The lowest BCUT2D eigenvalue weighted by molar-refractivity contribution is -0.313. The van der Waals surface area contributed by atoms with E-state index in [-0.39, 0.29) is 17.7 Å². The number of nitrogens with one attached hydrogen (secondary N) is 1. The van der Waals surface area contributed by atoms with Crippen LogP contribution in [0, 0.1) is 30.6 Å². The average molecular weight is 336 g/mol. The Balaban J connectivity index is 1.49.